The molecule has 94 valence electrons. The smallest absolute Gasteiger partial charge is 0.0700 e. The summed E-state index contributed by atoms with van der Waals surface area (Å²) in [5.74, 6) is 0. The topological polar surface area (TPSA) is 41.3 Å². The summed E-state index contributed by atoms with van der Waals surface area (Å²) in [6.07, 6.45) is 0.911. The van der Waals surface area contributed by atoms with Crippen LogP contribution < -0.4 is 11.1 Å². The molecular weight excluding hydrogens is 210 g/mol. The number of rotatable bonds is 3. The van der Waals surface area contributed by atoms with E-state index in [1.165, 1.54) is 11.1 Å². The molecule has 3 nitrogen and oxygen atoms in total. The maximum Gasteiger partial charge on any atom is 0.0700 e. The summed E-state index contributed by atoms with van der Waals surface area (Å²) in [5.41, 5.74) is 8.86. The minimum absolute atomic E-state index is 0.240. The Kier molecular flexibility index (Phi) is 3.82. The summed E-state index contributed by atoms with van der Waals surface area (Å²) < 4.78 is 0. The molecule has 1 aliphatic rings. The normalized spacial score (nSPS) is 21.1. The maximum atomic E-state index is 6.47. The lowest BCUT2D eigenvalue weighted by Crippen LogP contribution is -2.60. The van der Waals surface area contributed by atoms with Gasteiger partial charge in [0.2, 0.25) is 0 Å². The van der Waals surface area contributed by atoms with Crippen molar-refractivity contribution in [2.45, 2.75) is 25.9 Å². The third kappa shape index (κ3) is 3.28. The van der Waals surface area contributed by atoms with Crippen LogP contribution in [0.1, 0.15) is 18.1 Å². The van der Waals surface area contributed by atoms with Gasteiger partial charge in [-0.05, 0) is 19.4 Å². The van der Waals surface area contributed by atoms with Gasteiger partial charge in [0.1, 0.15) is 0 Å². The van der Waals surface area contributed by atoms with E-state index in [1.54, 1.807) is 0 Å². The Morgan fingerprint density at radius 3 is 2.71 bits per heavy atom. The van der Waals surface area contributed by atoms with Crippen LogP contribution in [-0.2, 0) is 6.42 Å². The predicted molar refractivity (Wildman–Crippen MR) is 71.9 cm³/mol. The average molecular weight is 233 g/mol. The molecule has 0 saturated carbocycles. The number of hydrogen-bond donors (Lipinski definition) is 2. The molecule has 0 bridgehead atoms. The zero-order chi connectivity index (χ0) is 12.3. The third-order valence-electron chi connectivity index (χ3n) is 3.48. The molecule has 1 fully saturated rings. The van der Waals surface area contributed by atoms with E-state index < -0.39 is 0 Å². The number of aryl methyl sites for hydroxylation is 1. The van der Waals surface area contributed by atoms with Crippen LogP contribution in [0.3, 0.4) is 0 Å². The van der Waals surface area contributed by atoms with E-state index in [-0.39, 0.29) is 5.66 Å². The minimum Gasteiger partial charge on any atom is -0.314 e. The molecule has 3 N–H and O–H groups in total. The molecule has 0 aliphatic carbocycles. The van der Waals surface area contributed by atoms with Crippen molar-refractivity contribution < 1.29 is 0 Å². The third-order valence-corrected chi connectivity index (χ3v) is 3.48. The van der Waals surface area contributed by atoms with E-state index in [0.717, 1.165) is 32.6 Å². The summed E-state index contributed by atoms with van der Waals surface area (Å²) >= 11 is 0. The second-order valence-electron chi connectivity index (χ2n) is 5.26. The largest absolute Gasteiger partial charge is 0.314 e. The molecule has 1 aromatic carbocycles. The molecule has 0 radical (unpaired) electrons. The van der Waals surface area contributed by atoms with Gasteiger partial charge in [-0.2, -0.15) is 0 Å². The van der Waals surface area contributed by atoms with E-state index in [4.69, 9.17) is 5.73 Å². The first-order chi connectivity index (χ1) is 8.08. The van der Waals surface area contributed by atoms with Gasteiger partial charge in [-0.25, -0.2) is 0 Å². The average Bonchev–Trinajstić information content (AvgIpc) is 2.29. The molecule has 1 aliphatic heterocycles. The van der Waals surface area contributed by atoms with E-state index in [1.807, 2.05) is 0 Å². The van der Waals surface area contributed by atoms with Crippen molar-refractivity contribution >= 4 is 0 Å². The monoisotopic (exact) mass is 233 g/mol. The quantitative estimate of drug-likeness (QED) is 0.822. The first-order valence-electron chi connectivity index (χ1n) is 6.38. The first-order valence-corrected chi connectivity index (χ1v) is 6.38. The van der Waals surface area contributed by atoms with E-state index >= 15 is 0 Å². The van der Waals surface area contributed by atoms with Crippen LogP contribution in [0.25, 0.3) is 0 Å². The Hall–Kier alpha value is -0.900. The van der Waals surface area contributed by atoms with Crippen molar-refractivity contribution in [3.63, 3.8) is 0 Å². The molecule has 1 aromatic rings. The van der Waals surface area contributed by atoms with Crippen molar-refractivity contribution in [2.24, 2.45) is 5.73 Å². The van der Waals surface area contributed by atoms with Gasteiger partial charge in [0.15, 0.2) is 0 Å². The molecule has 0 spiro atoms. The second kappa shape index (κ2) is 5.17. The fraction of sp³-hybridized carbons (Fsp3) is 0.571. The van der Waals surface area contributed by atoms with Gasteiger partial charge in [0.25, 0.3) is 0 Å². The lowest BCUT2D eigenvalue weighted by molar-refractivity contribution is 0.0932. The van der Waals surface area contributed by atoms with E-state index in [0.29, 0.717) is 0 Å². The summed E-state index contributed by atoms with van der Waals surface area (Å²) in [5, 5.41) is 3.36. The van der Waals surface area contributed by atoms with Crippen LogP contribution in [-0.4, -0.2) is 36.7 Å². The summed E-state index contributed by atoms with van der Waals surface area (Å²) in [6, 6.07) is 8.63. The van der Waals surface area contributed by atoms with E-state index in [2.05, 4.69) is 48.3 Å². The van der Waals surface area contributed by atoms with Gasteiger partial charge >= 0.3 is 0 Å². The van der Waals surface area contributed by atoms with E-state index in [9.17, 15) is 0 Å². The van der Waals surface area contributed by atoms with Crippen LogP contribution in [0.2, 0.25) is 0 Å². The zero-order valence-electron chi connectivity index (χ0n) is 10.9. The molecule has 3 heteroatoms. The van der Waals surface area contributed by atoms with Crippen molar-refractivity contribution in [2.75, 3.05) is 26.2 Å². The molecule has 1 unspecified atom stereocenters. The standard InChI is InChI=1S/C14H23N3/c1-12-4-3-5-13(10-12)11-14(2,15)17-8-6-16-7-9-17/h3-5,10,16H,6-9,11,15H2,1-2H3. The number of nitrogens with two attached hydrogens (primary N) is 1. The van der Waals surface area contributed by atoms with Crippen LogP contribution >= 0.6 is 0 Å². The lowest BCUT2D eigenvalue weighted by atomic mass is 9.98. The fourth-order valence-electron chi connectivity index (χ4n) is 2.52. The van der Waals surface area contributed by atoms with Gasteiger partial charge in [0, 0.05) is 32.6 Å². The number of benzene rings is 1. The first kappa shape index (κ1) is 12.6. The summed E-state index contributed by atoms with van der Waals surface area (Å²) in [7, 11) is 0. The molecule has 1 saturated heterocycles. The Balaban J connectivity index is 2.05. The Morgan fingerprint density at radius 1 is 1.35 bits per heavy atom. The SMILES string of the molecule is Cc1cccc(CC(C)(N)N2CCNCC2)c1. The van der Waals surface area contributed by atoms with Gasteiger partial charge in [-0.3, -0.25) is 4.90 Å². The highest BCUT2D eigenvalue weighted by Crippen LogP contribution is 2.17. The zero-order valence-corrected chi connectivity index (χ0v) is 10.9. The number of nitrogens with zero attached hydrogens (tertiary/aromatic N) is 1. The number of piperazine rings is 1. The molecule has 1 heterocycles. The number of hydrogen-bond acceptors (Lipinski definition) is 3. The van der Waals surface area contributed by atoms with Crippen molar-refractivity contribution in [1.29, 1.82) is 0 Å². The van der Waals surface area contributed by atoms with Crippen molar-refractivity contribution in [1.82, 2.24) is 10.2 Å². The minimum atomic E-state index is -0.240. The van der Waals surface area contributed by atoms with Crippen molar-refractivity contribution in [3.8, 4) is 0 Å². The second-order valence-corrected chi connectivity index (χ2v) is 5.26. The highest BCUT2D eigenvalue weighted by atomic mass is 15.3. The maximum absolute atomic E-state index is 6.47. The van der Waals surface area contributed by atoms with Crippen LogP contribution in [0.15, 0.2) is 24.3 Å². The highest BCUT2D eigenvalue weighted by molar-refractivity contribution is 5.23. The van der Waals surface area contributed by atoms with Crippen LogP contribution in [0.4, 0.5) is 0 Å². The molecule has 0 aromatic heterocycles. The number of nitrogens with one attached hydrogen (secondary N) is 1. The fourth-order valence-corrected chi connectivity index (χ4v) is 2.52. The molecule has 1 atom stereocenters. The van der Waals surface area contributed by atoms with Gasteiger partial charge in [-0.15, -0.1) is 0 Å². The molecule has 2 rings (SSSR count). The summed E-state index contributed by atoms with van der Waals surface area (Å²) in [6.45, 7) is 8.43. The molecule has 17 heavy (non-hydrogen) atoms. The Bertz CT molecular complexity index is 367. The summed E-state index contributed by atoms with van der Waals surface area (Å²) in [4.78, 5) is 2.38. The van der Waals surface area contributed by atoms with Crippen LogP contribution in [0.5, 0.6) is 0 Å². The van der Waals surface area contributed by atoms with Gasteiger partial charge in [0.05, 0.1) is 5.66 Å². The Morgan fingerprint density at radius 2 is 2.06 bits per heavy atom. The predicted octanol–water partition coefficient (Wildman–Crippen LogP) is 1.12. The van der Waals surface area contributed by atoms with Crippen LogP contribution in [0, 0.1) is 6.92 Å². The van der Waals surface area contributed by atoms with Crippen molar-refractivity contribution in [3.05, 3.63) is 35.4 Å². The lowest BCUT2D eigenvalue weighted by Gasteiger charge is -2.41. The van der Waals surface area contributed by atoms with Gasteiger partial charge < -0.3 is 11.1 Å². The Labute approximate surface area is 104 Å². The van der Waals surface area contributed by atoms with Gasteiger partial charge in [-0.1, -0.05) is 29.8 Å². The molecular formula is C14H23N3. The highest BCUT2D eigenvalue weighted by Gasteiger charge is 2.28. The molecule has 0 amide bonds.